The third-order valence-electron chi connectivity index (χ3n) is 2.38. The van der Waals surface area contributed by atoms with E-state index in [1.54, 1.807) is 24.3 Å². The summed E-state index contributed by atoms with van der Waals surface area (Å²) in [4.78, 5) is 15.8. The maximum Gasteiger partial charge on any atom is 0.354 e. The van der Waals surface area contributed by atoms with E-state index in [0.29, 0.717) is 21.4 Å². The number of carboxylic acids is 1. The lowest BCUT2D eigenvalue weighted by molar-refractivity contribution is 0.0689. The molecule has 0 saturated carbocycles. The van der Waals surface area contributed by atoms with Crippen LogP contribution in [0.1, 0.15) is 16.1 Å². The molecule has 0 amide bonds. The minimum absolute atomic E-state index is 0.0788. The van der Waals surface area contributed by atoms with E-state index in [1.165, 1.54) is 18.0 Å². The van der Waals surface area contributed by atoms with Crippen molar-refractivity contribution in [3.8, 4) is 0 Å². The topological polar surface area (TPSA) is 50.2 Å². The van der Waals surface area contributed by atoms with Crippen LogP contribution < -0.4 is 0 Å². The minimum atomic E-state index is -1.02. The van der Waals surface area contributed by atoms with E-state index in [4.69, 9.17) is 28.3 Å². The highest BCUT2D eigenvalue weighted by Gasteiger charge is 2.11. The molecule has 0 fully saturated rings. The SMILES string of the molecule is O=C(O)c1ncccc1CSc1ccc(Cl)c(Cl)c1. The van der Waals surface area contributed by atoms with Crippen molar-refractivity contribution in [1.82, 2.24) is 4.98 Å². The largest absolute Gasteiger partial charge is 0.477 e. The number of benzene rings is 1. The van der Waals surface area contributed by atoms with E-state index in [9.17, 15) is 4.79 Å². The second-order valence-corrected chi connectivity index (χ2v) is 5.54. The Morgan fingerprint density at radius 3 is 2.74 bits per heavy atom. The summed E-state index contributed by atoms with van der Waals surface area (Å²) in [6.45, 7) is 0. The molecule has 19 heavy (non-hydrogen) atoms. The van der Waals surface area contributed by atoms with Crippen molar-refractivity contribution in [2.75, 3.05) is 0 Å². The van der Waals surface area contributed by atoms with Crippen molar-refractivity contribution in [3.63, 3.8) is 0 Å². The molecule has 0 aliphatic carbocycles. The van der Waals surface area contributed by atoms with Gasteiger partial charge >= 0.3 is 5.97 Å². The number of pyridine rings is 1. The fourth-order valence-electron chi connectivity index (χ4n) is 1.48. The van der Waals surface area contributed by atoms with Gasteiger partial charge in [-0.1, -0.05) is 29.3 Å². The molecule has 98 valence electrons. The Hall–Kier alpha value is -1.23. The molecule has 1 heterocycles. The third-order valence-corrected chi connectivity index (χ3v) is 4.16. The number of aromatic nitrogens is 1. The lowest BCUT2D eigenvalue weighted by Gasteiger charge is -2.05. The second kappa shape index (κ2) is 6.28. The van der Waals surface area contributed by atoms with E-state index in [2.05, 4.69) is 4.98 Å². The van der Waals surface area contributed by atoms with Crippen molar-refractivity contribution < 1.29 is 9.90 Å². The fourth-order valence-corrected chi connectivity index (χ4v) is 2.76. The molecule has 2 aromatic rings. The summed E-state index contributed by atoms with van der Waals surface area (Å²) in [6.07, 6.45) is 1.47. The molecule has 3 nitrogen and oxygen atoms in total. The second-order valence-electron chi connectivity index (χ2n) is 3.68. The third kappa shape index (κ3) is 3.62. The zero-order valence-corrected chi connectivity index (χ0v) is 12.0. The molecular weight excluding hydrogens is 305 g/mol. The zero-order chi connectivity index (χ0) is 13.8. The Morgan fingerprint density at radius 2 is 2.05 bits per heavy atom. The summed E-state index contributed by atoms with van der Waals surface area (Å²) >= 11 is 13.2. The first-order chi connectivity index (χ1) is 9.08. The van der Waals surface area contributed by atoms with Crippen molar-refractivity contribution in [2.45, 2.75) is 10.6 Å². The standard InChI is InChI=1S/C13H9Cl2NO2S/c14-10-4-3-9(6-11(10)15)19-7-8-2-1-5-16-12(8)13(17)18/h1-6H,7H2,(H,17,18). The minimum Gasteiger partial charge on any atom is -0.477 e. The van der Waals surface area contributed by atoms with Gasteiger partial charge in [-0.2, -0.15) is 0 Å². The van der Waals surface area contributed by atoms with Gasteiger partial charge in [0, 0.05) is 16.8 Å². The van der Waals surface area contributed by atoms with Gasteiger partial charge in [-0.25, -0.2) is 9.78 Å². The molecule has 0 aliphatic heterocycles. The van der Waals surface area contributed by atoms with Crippen LogP contribution in [0.25, 0.3) is 0 Å². The molecule has 2 rings (SSSR count). The van der Waals surface area contributed by atoms with E-state index in [0.717, 1.165) is 4.90 Å². The first-order valence-electron chi connectivity index (χ1n) is 5.33. The van der Waals surface area contributed by atoms with Crippen molar-refractivity contribution in [3.05, 3.63) is 57.8 Å². The number of rotatable bonds is 4. The Morgan fingerprint density at radius 1 is 1.26 bits per heavy atom. The Kier molecular flexibility index (Phi) is 4.69. The molecule has 1 aromatic carbocycles. The quantitative estimate of drug-likeness (QED) is 0.851. The first-order valence-corrected chi connectivity index (χ1v) is 7.07. The Balaban J connectivity index is 2.14. The molecule has 0 bridgehead atoms. The van der Waals surface area contributed by atoms with Crippen molar-refractivity contribution in [1.29, 1.82) is 0 Å². The van der Waals surface area contributed by atoms with Crippen LogP contribution in [0.2, 0.25) is 10.0 Å². The van der Waals surface area contributed by atoms with E-state index < -0.39 is 5.97 Å². The lowest BCUT2D eigenvalue weighted by Crippen LogP contribution is -2.04. The van der Waals surface area contributed by atoms with Gasteiger partial charge in [-0.05, 0) is 29.8 Å². The summed E-state index contributed by atoms with van der Waals surface area (Å²) < 4.78 is 0. The maximum absolute atomic E-state index is 11.0. The monoisotopic (exact) mass is 313 g/mol. The van der Waals surface area contributed by atoms with Crippen LogP contribution in [0.15, 0.2) is 41.4 Å². The zero-order valence-electron chi connectivity index (χ0n) is 9.64. The summed E-state index contributed by atoms with van der Waals surface area (Å²) in [7, 11) is 0. The van der Waals surface area contributed by atoms with E-state index in [1.807, 2.05) is 6.07 Å². The number of carboxylic acid groups (broad SMARTS) is 1. The summed E-state index contributed by atoms with van der Waals surface area (Å²) in [5.41, 5.74) is 0.751. The molecule has 0 spiro atoms. The van der Waals surface area contributed by atoms with Gasteiger partial charge in [0.2, 0.25) is 0 Å². The summed E-state index contributed by atoms with van der Waals surface area (Å²) in [5.74, 6) is -0.515. The Bertz CT molecular complexity index is 619. The molecule has 0 unspecified atom stereocenters. The van der Waals surface area contributed by atoms with Crippen LogP contribution in [0, 0.1) is 0 Å². The lowest BCUT2D eigenvalue weighted by atomic mass is 10.2. The highest BCUT2D eigenvalue weighted by molar-refractivity contribution is 7.98. The van der Waals surface area contributed by atoms with Gasteiger partial charge in [0.15, 0.2) is 5.69 Å². The normalized spacial score (nSPS) is 10.4. The molecule has 0 atom stereocenters. The average Bonchev–Trinajstić information content (AvgIpc) is 2.40. The molecular formula is C13H9Cl2NO2S. The number of hydrogen-bond donors (Lipinski definition) is 1. The van der Waals surface area contributed by atoms with Crippen LogP contribution >= 0.6 is 35.0 Å². The highest BCUT2D eigenvalue weighted by Crippen LogP contribution is 2.30. The first kappa shape index (κ1) is 14.2. The fraction of sp³-hybridized carbons (Fsp3) is 0.0769. The summed E-state index contributed by atoms with van der Waals surface area (Å²) in [5, 5.41) is 10.0. The van der Waals surface area contributed by atoms with Gasteiger partial charge in [-0.15, -0.1) is 11.8 Å². The predicted molar refractivity (Wildman–Crippen MR) is 77.2 cm³/mol. The Labute approximate surface area is 124 Å². The predicted octanol–water partition coefficient (Wildman–Crippen LogP) is 4.38. The van der Waals surface area contributed by atoms with E-state index >= 15 is 0 Å². The molecule has 1 N–H and O–H groups in total. The number of thioether (sulfide) groups is 1. The van der Waals surface area contributed by atoms with Crippen molar-refractivity contribution in [2.24, 2.45) is 0 Å². The van der Waals surface area contributed by atoms with Gasteiger partial charge in [0.25, 0.3) is 0 Å². The molecule has 0 radical (unpaired) electrons. The summed E-state index contributed by atoms with van der Waals surface area (Å²) in [6, 6.07) is 8.78. The average molecular weight is 314 g/mol. The molecule has 0 aliphatic rings. The number of nitrogens with zero attached hydrogens (tertiary/aromatic N) is 1. The van der Waals surface area contributed by atoms with Gasteiger partial charge in [0.05, 0.1) is 10.0 Å². The maximum atomic E-state index is 11.0. The molecule has 0 saturated heterocycles. The van der Waals surface area contributed by atoms with Crippen molar-refractivity contribution >= 4 is 40.9 Å². The van der Waals surface area contributed by atoms with E-state index in [-0.39, 0.29) is 5.69 Å². The number of carbonyl (C=O) groups is 1. The van der Waals surface area contributed by atoms with Gasteiger partial charge in [-0.3, -0.25) is 0 Å². The van der Waals surface area contributed by atoms with Gasteiger partial charge < -0.3 is 5.11 Å². The smallest absolute Gasteiger partial charge is 0.354 e. The van der Waals surface area contributed by atoms with Crippen LogP contribution in [0.5, 0.6) is 0 Å². The van der Waals surface area contributed by atoms with Crippen LogP contribution in [0.4, 0.5) is 0 Å². The molecule has 6 heteroatoms. The number of halogens is 2. The highest BCUT2D eigenvalue weighted by atomic mass is 35.5. The number of aromatic carboxylic acids is 1. The molecule has 1 aromatic heterocycles. The van der Waals surface area contributed by atoms with Crippen LogP contribution in [-0.2, 0) is 5.75 Å². The number of hydrogen-bond acceptors (Lipinski definition) is 3. The van der Waals surface area contributed by atoms with Gasteiger partial charge in [0.1, 0.15) is 0 Å². The van der Waals surface area contributed by atoms with Crippen LogP contribution in [0.3, 0.4) is 0 Å². The van der Waals surface area contributed by atoms with Crippen LogP contribution in [-0.4, -0.2) is 16.1 Å².